The van der Waals surface area contributed by atoms with Crippen molar-refractivity contribution in [3.63, 3.8) is 0 Å². The van der Waals surface area contributed by atoms with E-state index in [9.17, 15) is 4.79 Å². The van der Waals surface area contributed by atoms with Crippen molar-refractivity contribution in [2.45, 2.75) is 44.9 Å². The third-order valence-corrected chi connectivity index (χ3v) is 2.63. The maximum absolute atomic E-state index is 11.1. The Kier molecular flexibility index (Phi) is 4.03. The van der Waals surface area contributed by atoms with Gasteiger partial charge in [0.1, 0.15) is 11.6 Å². The summed E-state index contributed by atoms with van der Waals surface area (Å²) in [6.07, 6.45) is 0.370. The van der Waals surface area contributed by atoms with Gasteiger partial charge in [0.05, 0.1) is 6.10 Å². The lowest BCUT2D eigenvalue weighted by molar-refractivity contribution is -0.143. The van der Waals surface area contributed by atoms with E-state index in [1.807, 2.05) is 20.8 Å². The van der Waals surface area contributed by atoms with E-state index in [-0.39, 0.29) is 11.7 Å². The molecule has 0 aromatic heterocycles. The highest BCUT2D eigenvalue weighted by molar-refractivity contribution is 5.74. The molecular weight excluding hydrogens is 222 g/mol. The van der Waals surface area contributed by atoms with E-state index in [0.29, 0.717) is 18.8 Å². The number of ether oxygens (including phenoxy) is 2. The van der Waals surface area contributed by atoms with Crippen molar-refractivity contribution >= 4 is 5.97 Å². The maximum atomic E-state index is 11.1. The van der Waals surface area contributed by atoms with E-state index in [2.05, 4.69) is 6.58 Å². The molecular formula is C12H21NO4. The predicted octanol–water partition coefficient (Wildman–Crippen LogP) is 1.45. The van der Waals surface area contributed by atoms with Gasteiger partial charge in [-0.05, 0) is 27.4 Å². The van der Waals surface area contributed by atoms with Gasteiger partial charge in [0.2, 0.25) is 0 Å². The summed E-state index contributed by atoms with van der Waals surface area (Å²) < 4.78 is 10.8. The number of rotatable bonds is 4. The van der Waals surface area contributed by atoms with Gasteiger partial charge in [0.15, 0.2) is 5.88 Å². The zero-order chi connectivity index (χ0) is 13.2. The van der Waals surface area contributed by atoms with E-state index in [1.165, 1.54) is 0 Å². The Morgan fingerprint density at radius 1 is 1.47 bits per heavy atom. The molecule has 0 aromatic carbocycles. The predicted molar refractivity (Wildman–Crippen MR) is 63.5 cm³/mol. The molecule has 0 bridgehead atoms. The zero-order valence-electron chi connectivity index (χ0n) is 10.9. The number of carboxylic acids is 1. The van der Waals surface area contributed by atoms with Crippen LogP contribution in [-0.4, -0.2) is 47.4 Å². The van der Waals surface area contributed by atoms with Gasteiger partial charge in [-0.3, -0.25) is 0 Å². The number of aliphatic carboxylic acids is 1. The highest BCUT2D eigenvalue weighted by Gasteiger charge is 2.39. The molecule has 0 aromatic rings. The van der Waals surface area contributed by atoms with Gasteiger partial charge in [0, 0.05) is 20.1 Å². The fourth-order valence-electron chi connectivity index (χ4n) is 1.89. The lowest BCUT2D eigenvalue weighted by Gasteiger charge is -2.30. The molecule has 2 atom stereocenters. The first-order chi connectivity index (χ1) is 7.74. The molecule has 0 spiro atoms. The van der Waals surface area contributed by atoms with Crippen LogP contribution in [0.3, 0.4) is 0 Å². The number of methoxy groups -OCH3 is 1. The summed E-state index contributed by atoms with van der Waals surface area (Å²) in [6.45, 7) is 10.0. The van der Waals surface area contributed by atoms with Gasteiger partial charge in [-0.2, -0.15) is 0 Å². The van der Waals surface area contributed by atoms with Crippen molar-refractivity contribution in [3.05, 3.63) is 12.5 Å². The van der Waals surface area contributed by atoms with Crippen molar-refractivity contribution in [1.82, 2.24) is 4.90 Å². The molecule has 98 valence electrons. The van der Waals surface area contributed by atoms with E-state index < -0.39 is 12.0 Å². The summed E-state index contributed by atoms with van der Waals surface area (Å²) in [7, 11) is 1.58. The molecule has 1 aliphatic rings. The van der Waals surface area contributed by atoms with Crippen molar-refractivity contribution in [1.29, 1.82) is 0 Å². The Morgan fingerprint density at radius 2 is 2.06 bits per heavy atom. The highest BCUT2D eigenvalue weighted by atomic mass is 16.5. The molecule has 0 unspecified atom stereocenters. The van der Waals surface area contributed by atoms with Crippen LogP contribution in [0.2, 0.25) is 0 Å². The van der Waals surface area contributed by atoms with Crippen LogP contribution in [-0.2, 0) is 14.3 Å². The second-order valence-electron chi connectivity index (χ2n) is 5.21. The van der Waals surface area contributed by atoms with Gasteiger partial charge < -0.3 is 19.5 Å². The second kappa shape index (κ2) is 4.96. The summed E-state index contributed by atoms with van der Waals surface area (Å²) >= 11 is 0. The Balaban J connectivity index is 2.73. The maximum Gasteiger partial charge on any atom is 0.326 e. The SMILES string of the molecule is C=C(OC(C)(C)C)N1C[C@H](OC)C[C@@H]1C(=O)O. The molecule has 1 heterocycles. The molecule has 1 aliphatic heterocycles. The Morgan fingerprint density at radius 3 is 2.47 bits per heavy atom. The number of carboxylic acid groups (broad SMARTS) is 1. The monoisotopic (exact) mass is 243 g/mol. The molecule has 1 saturated heterocycles. The van der Waals surface area contributed by atoms with Crippen LogP contribution in [0.4, 0.5) is 0 Å². The summed E-state index contributed by atoms with van der Waals surface area (Å²) in [5, 5.41) is 9.15. The largest absolute Gasteiger partial charge is 0.480 e. The zero-order valence-corrected chi connectivity index (χ0v) is 10.9. The van der Waals surface area contributed by atoms with Gasteiger partial charge in [-0.25, -0.2) is 4.79 Å². The number of hydrogen-bond acceptors (Lipinski definition) is 4. The smallest absolute Gasteiger partial charge is 0.326 e. The Labute approximate surface area is 102 Å². The topological polar surface area (TPSA) is 59.0 Å². The molecule has 1 fully saturated rings. The average Bonchev–Trinajstić information content (AvgIpc) is 2.58. The molecule has 0 amide bonds. The van der Waals surface area contributed by atoms with Crippen molar-refractivity contribution in [2.75, 3.05) is 13.7 Å². The van der Waals surface area contributed by atoms with Crippen LogP contribution >= 0.6 is 0 Å². The van der Waals surface area contributed by atoms with Crippen molar-refractivity contribution < 1.29 is 19.4 Å². The normalized spacial score (nSPS) is 24.8. The van der Waals surface area contributed by atoms with Crippen LogP contribution in [0.5, 0.6) is 0 Å². The first kappa shape index (κ1) is 13.8. The molecule has 1 N–H and O–H groups in total. The first-order valence-corrected chi connectivity index (χ1v) is 5.64. The highest BCUT2D eigenvalue weighted by Crippen LogP contribution is 2.26. The summed E-state index contributed by atoms with van der Waals surface area (Å²) in [5.74, 6) is -0.479. The van der Waals surface area contributed by atoms with Crippen LogP contribution in [0.25, 0.3) is 0 Å². The number of likely N-dealkylation sites (tertiary alicyclic amines) is 1. The molecule has 5 heteroatoms. The van der Waals surface area contributed by atoms with E-state index in [1.54, 1.807) is 12.0 Å². The van der Waals surface area contributed by atoms with Gasteiger partial charge >= 0.3 is 5.97 Å². The molecule has 0 aliphatic carbocycles. The van der Waals surface area contributed by atoms with Crippen LogP contribution in [0, 0.1) is 0 Å². The average molecular weight is 243 g/mol. The van der Waals surface area contributed by atoms with Crippen molar-refractivity contribution in [3.8, 4) is 0 Å². The minimum absolute atomic E-state index is 0.0866. The minimum Gasteiger partial charge on any atom is -0.480 e. The molecule has 5 nitrogen and oxygen atoms in total. The standard InChI is InChI=1S/C12H21NO4/c1-8(17-12(2,3)4)13-7-9(16-5)6-10(13)11(14)15/h9-10H,1,6-7H2,2-5H3,(H,14,15)/t9-,10-/m1/s1. The first-order valence-electron chi connectivity index (χ1n) is 5.64. The van der Waals surface area contributed by atoms with Crippen LogP contribution in [0.15, 0.2) is 12.5 Å². The van der Waals surface area contributed by atoms with Gasteiger partial charge in [0.25, 0.3) is 0 Å². The third-order valence-electron chi connectivity index (χ3n) is 2.63. The Bertz CT molecular complexity index is 308. The van der Waals surface area contributed by atoms with Crippen LogP contribution < -0.4 is 0 Å². The van der Waals surface area contributed by atoms with E-state index in [4.69, 9.17) is 14.6 Å². The van der Waals surface area contributed by atoms with Crippen LogP contribution in [0.1, 0.15) is 27.2 Å². The molecule has 1 rings (SSSR count). The fourth-order valence-corrected chi connectivity index (χ4v) is 1.89. The van der Waals surface area contributed by atoms with E-state index in [0.717, 1.165) is 0 Å². The second-order valence-corrected chi connectivity index (χ2v) is 5.21. The fraction of sp³-hybridized carbons (Fsp3) is 0.750. The Hall–Kier alpha value is -1.23. The quantitative estimate of drug-likeness (QED) is 0.757. The number of nitrogens with zero attached hydrogens (tertiary/aromatic N) is 1. The number of hydrogen-bond donors (Lipinski definition) is 1. The lowest BCUT2D eigenvalue weighted by atomic mass is 10.2. The molecule has 0 saturated carbocycles. The summed E-state index contributed by atoms with van der Waals surface area (Å²) in [4.78, 5) is 12.8. The van der Waals surface area contributed by atoms with Crippen molar-refractivity contribution in [2.24, 2.45) is 0 Å². The number of carbonyl (C=O) groups is 1. The molecule has 0 radical (unpaired) electrons. The molecule has 17 heavy (non-hydrogen) atoms. The lowest BCUT2D eigenvalue weighted by Crippen LogP contribution is -2.38. The minimum atomic E-state index is -0.872. The van der Waals surface area contributed by atoms with Gasteiger partial charge in [-0.1, -0.05) is 0 Å². The van der Waals surface area contributed by atoms with Gasteiger partial charge in [-0.15, -0.1) is 0 Å². The van der Waals surface area contributed by atoms with E-state index >= 15 is 0 Å². The summed E-state index contributed by atoms with van der Waals surface area (Å²) in [6, 6.07) is -0.616. The third kappa shape index (κ3) is 3.63. The summed E-state index contributed by atoms with van der Waals surface area (Å²) in [5.41, 5.74) is -0.384.